The molecule has 2 N–H and O–H groups in total. The molecule has 3 nitrogen and oxygen atoms in total. The fraction of sp³-hybridized carbons (Fsp3) is 0.0714. The number of nitrogens with two attached hydrogens (primary N) is 1. The number of benzene rings is 2. The average Bonchev–Trinajstić information content (AvgIpc) is 2.65. The van der Waals surface area contributed by atoms with Gasteiger partial charge in [0.1, 0.15) is 0 Å². The zero-order valence-electron chi connectivity index (χ0n) is 9.89. The lowest BCUT2D eigenvalue weighted by molar-refractivity contribution is 1.09. The summed E-state index contributed by atoms with van der Waals surface area (Å²) >= 11 is 3.45. The number of fused-ring (bicyclic) bond motifs is 1. The molecule has 0 saturated heterocycles. The Hall–Kier alpha value is -1.81. The maximum Gasteiger partial charge on any atom is 0.205 e. The van der Waals surface area contributed by atoms with Crippen molar-refractivity contribution in [3.05, 3.63) is 52.5 Å². The first-order valence-electron chi connectivity index (χ1n) is 5.66. The average molecular weight is 302 g/mol. The van der Waals surface area contributed by atoms with Gasteiger partial charge in [-0.25, -0.2) is 4.98 Å². The van der Waals surface area contributed by atoms with Gasteiger partial charge in [0, 0.05) is 4.47 Å². The number of imidazole rings is 1. The summed E-state index contributed by atoms with van der Waals surface area (Å²) in [5.74, 6) is 0.511. The molecule has 3 rings (SSSR count). The van der Waals surface area contributed by atoms with Crippen LogP contribution in [0.4, 0.5) is 5.95 Å². The van der Waals surface area contributed by atoms with Gasteiger partial charge in [-0.3, -0.25) is 4.57 Å². The van der Waals surface area contributed by atoms with E-state index in [1.54, 1.807) is 0 Å². The summed E-state index contributed by atoms with van der Waals surface area (Å²) in [6, 6.07) is 14.1. The van der Waals surface area contributed by atoms with Crippen LogP contribution in [-0.2, 0) is 0 Å². The molecule has 0 fully saturated rings. The Morgan fingerprint density at radius 3 is 2.72 bits per heavy atom. The minimum atomic E-state index is 0.511. The molecule has 0 aliphatic rings. The molecule has 0 bridgehead atoms. The van der Waals surface area contributed by atoms with Gasteiger partial charge >= 0.3 is 0 Å². The summed E-state index contributed by atoms with van der Waals surface area (Å²) in [4.78, 5) is 4.40. The fourth-order valence-corrected chi connectivity index (χ4v) is 2.49. The molecule has 18 heavy (non-hydrogen) atoms. The third-order valence-electron chi connectivity index (χ3n) is 3.00. The predicted molar refractivity (Wildman–Crippen MR) is 77.9 cm³/mol. The number of hydrogen-bond donors (Lipinski definition) is 1. The Bertz CT molecular complexity index is 731. The minimum absolute atomic E-state index is 0.511. The summed E-state index contributed by atoms with van der Waals surface area (Å²) in [6.45, 7) is 2.07. The second-order valence-electron chi connectivity index (χ2n) is 4.22. The Kier molecular flexibility index (Phi) is 2.59. The zero-order valence-corrected chi connectivity index (χ0v) is 11.5. The molecule has 2 aromatic carbocycles. The van der Waals surface area contributed by atoms with Crippen LogP contribution >= 0.6 is 15.9 Å². The third-order valence-corrected chi connectivity index (χ3v) is 3.49. The molecule has 90 valence electrons. The monoisotopic (exact) mass is 301 g/mol. The van der Waals surface area contributed by atoms with Crippen LogP contribution in [0.25, 0.3) is 16.7 Å². The summed E-state index contributed by atoms with van der Waals surface area (Å²) in [5, 5.41) is 0. The maximum atomic E-state index is 6.04. The molecule has 0 amide bonds. The van der Waals surface area contributed by atoms with Crippen LogP contribution in [0.2, 0.25) is 0 Å². The molecule has 0 unspecified atom stereocenters. The van der Waals surface area contributed by atoms with Gasteiger partial charge in [-0.1, -0.05) is 34.1 Å². The summed E-state index contributed by atoms with van der Waals surface area (Å²) in [6.07, 6.45) is 0. The Morgan fingerprint density at radius 2 is 1.94 bits per heavy atom. The van der Waals surface area contributed by atoms with Crippen LogP contribution in [0.1, 0.15) is 5.56 Å². The first kappa shape index (κ1) is 11.3. The van der Waals surface area contributed by atoms with Gasteiger partial charge in [-0.2, -0.15) is 0 Å². The maximum absolute atomic E-state index is 6.04. The zero-order chi connectivity index (χ0) is 12.7. The molecule has 4 heteroatoms. The van der Waals surface area contributed by atoms with Crippen molar-refractivity contribution in [2.75, 3.05) is 5.73 Å². The van der Waals surface area contributed by atoms with Crippen molar-refractivity contribution in [2.24, 2.45) is 0 Å². The minimum Gasteiger partial charge on any atom is -0.369 e. The smallest absolute Gasteiger partial charge is 0.205 e. The van der Waals surface area contributed by atoms with Gasteiger partial charge < -0.3 is 5.73 Å². The number of aryl methyl sites for hydroxylation is 1. The van der Waals surface area contributed by atoms with Gasteiger partial charge in [-0.05, 0) is 36.8 Å². The largest absolute Gasteiger partial charge is 0.369 e. The highest BCUT2D eigenvalue weighted by Gasteiger charge is 2.11. The van der Waals surface area contributed by atoms with Crippen molar-refractivity contribution in [1.29, 1.82) is 0 Å². The van der Waals surface area contributed by atoms with Crippen LogP contribution in [0, 0.1) is 6.92 Å². The van der Waals surface area contributed by atoms with E-state index in [4.69, 9.17) is 5.73 Å². The Morgan fingerprint density at radius 1 is 1.17 bits per heavy atom. The van der Waals surface area contributed by atoms with Gasteiger partial charge in [0.2, 0.25) is 5.95 Å². The number of hydrogen-bond acceptors (Lipinski definition) is 2. The van der Waals surface area contributed by atoms with Crippen molar-refractivity contribution >= 4 is 32.9 Å². The molecule has 0 aliphatic carbocycles. The molecular weight excluding hydrogens is 290 g/mol. The topological polar surface area (TPSA) is 43.8 Å². The summed E-state index contributed by atoms with van der Waals surface area (Å²) in [5.41, 5.74) is 10.2. The van der Waals surface area contributed by atoms with Gasteiger partial charge in [-0.15, -0.1) is 0 Å². The van der Waals surface area contributed by atoms with E-state index in [0.717, 1.165) is 21.2 Å². The van der Waals surface area contributed by atoms with E-state index in [1.807, 2.05) is 34.9 Å². The second kappa shape index (κ2) is 4.14. The van der Waals surface area contributed by atoms with E-state index in [9.17, 15) is 0 Å². The number of halogens is 1. The normalized spacial score (nSPS) is 11.0. The summed E-state index contributed by atoms with van der Waals surface area (Å²) < 4.78 is 2.99. The van der Waals surface area contributed by atoms with Crippen LogP contribution in [0.15, 0.2) is 46.9 Å². The molecule has 0 aliphatic heterocycles. The van der Waals surface area contributed by atoms with Crippen molar-refractivity contribution < 1.29 is 0 Å². The first-order valence-corrected chi connectivity index (χ1v) is 6.45. The lowest BCUT2D eigenvalue weighted by Crippen LogP contribution is -2.02. The van der Waals surface area contributed by atoms with Crippen LogP contribution < -0.4 is 5.73 Å². The van der Waals surface area contributed by atoms with E-state index >= 15 is 0 Å². The van der Waals surface area contributed by atoms with Crippen LogP contribution in [0.5, 0.6) is 0 Å². The highest BCUT2D eigenvalue weighted by atomic mass is 79.9. The number of para-hydroxylation sites is 1. The van der Waals surface area contributed by atoms with Crippen molar-refractivity contribution in [3.63, 3.8) is 0 Å². The fourth-order valence-electron chi connectivity index (χ4n) is 2.14. The van der Waals surface area contributed by atoms with E-state index < -0.39 is 0 Å². The van der Waals surface area contributed by atoms with Crippen molar-refractivity contribution in [3.8, 4) is 5.69 Å². The Balaban J connectivity index is 2.36. The van der Waals surface area contributed by atoms with Gasteiger partial charge in [0.05, 0.1) is 16.7 Å². The molecular formula is C14H12BrN3. The van der Waals surface area contributed by atoms with Gasteiger partial charge in [0.25, 0.3) is 0 Å². The van der Waals surface area contributed by atoms with E-state index in [2.05, 4.69) is 40.0 Å². The molecule has 1 heterocycles. The molecule has 0 saturated carbocycles. The van der Waals surface area contributed by atoms with Crippen molar-refractivity contribution in [1.82, 2.24) is 9.55 Å². The Labute approximate surface area is 113 Å². The van der Waals surface area contributed by atoms with Crippen LogP contribution in [0.3, 0.4) is 0 Å². The van der Waals surface area contributed by atoms with E-state index in [0.29, 0.717) is 5.95 Å². The third kappa shape index (κ3) is 1.69. The lowest BCUT2D eigenvalue weighted by Gasteiger charge is -2.09. The van der Waals surface area contributed by atoms with Crippen molar-refractivity contribution in [2.45, 2.75) is 6.92 Å². The standard InChI is InChI=1S/C14H12BrN3/c1-9-4-2-3-5-12(9)18-13-7-6-10(15)8-11(13)17-14(18)16/h2-8H,1H3,(H2,16,17). The predicted octanol–water partition coefficient (Wildman–Crippen LogP) is 3.68. The molecule has 0 spiro atoms. The van der Waals surface area contributed by atoms with Gasteiger partial charge in [0.15, 0.2) is 0 Å². The SMILES string of the molecule is Cc1ccccc1-n1c(N)nc2cc(Br)ccc21. The lowest BCUT2D eigenvalue weighted by atomic mass is 10.2. The number of aromatic nitrogens is 2. The number of nitrogen functional groups attached to an aromatic ring is 1. The second-order valence-corrected chi connectivity index (χ2v) is 5.14. The molecule has 0 radical (unpaired) electrons. The number of nitrogens with zero attached hydrogens (tertiary/aromatic N) is 2. The summed E-state index contributed by atoms with van der Waals surface area (Å²) in [7, 11) is 0. The van der Waals surface area contributed by atoms with E-state index in [1.165, 1.54) is 5.56 Å². The molecule has 0 atom stereocenters. The number of rotatable bonds is 1. The quantitative estimate of drug-likeness (QED) is 0.745. The first-order chi connectivity index (χ1) is 8.66. The highest BCUT2D eigenvalue weighted by molar-refractivity contribution is 9.10. The molecule has 3 aromatic rings. The van der Waals surface area contributed by atoms with E-state index in [-0.39, 0.29) is 0 Å². The number of anilines is 1. The highest BCUT2D eigenvalue weighted by Crippen LogP contribution is 2.26. The van der Waals surface area contributed by atoms with Crippen LogP contribution in [-0.4, -0.2) is 9.55 Å². The molecule has 1 aromatic heterocycles.